The Morgan fingerprint density at radius 1 is 0.944 bits per heavy atom. The van der Waals surface area contributed by atoms with E-state index < -0.39 is 10.0 Å². The lowest BCUT2D eigenvalue weighted by atomic mass is 9.84. The van der Waals surface area contributed by atoms with Crippen LogP contribution in [0.25, 0.3) is 10.8 Å². The zero-order chi connectivity index (χ0) is 13.6. The molecule has 0 radical (unpaired) electrons. The highest BCUT2D eigenvalue weighted by Gasteiger charge is 2.20. The molecule has 0 aliphatic carbocycles. The molecule has 0 aliphatic heterocycles. The fraction of sp³-hybridized carbons (Fsp3) is 0.286. The van der Waals surface area contributed by atoms with Gasteiger partial charge in [0.25, 0.3) is 0 Å². The summed E-state index contributed by atoms with van der Waals surface area (Å²) in [6.45, 7) is 6.31. The van der Waals surface area contributed by atoms with Gasteiger partial charge in [-0.2, -0.15) is 0 Å². The fourth-order valence-corrected chi connectivity index (χ4v) is 2.92. The van der Waals surface area contributed by atoms with E-state index in [1.165, 1.54) is 0 Å². The Bertz CT molecular complexity index is 697. The highest BCUT2D eigenvalue weighted by Crippen LogP contribution is 2.32. The first-order valence-corrected chi connectivity index (χ1v) is 7.31. The van der Waals surface area contributed by atoms with Crippen LogP contribution in [0.2, 0.25) is 0 Å². The van der Waals surface area contributed by atoms with E-state index >= 15 is 0 Å². The summed E-state index contributed by atoms with van der Waals surface area (Å²) in [4.78, 5) is 0.186. The highest BCUT2D eigenvalue weighted by atomic mass is 32.2. The van der Waals surface area contributed by atoms with Crippen LogP contribution in [0.1, 0.15) is 26.3 Å². The van der Waals surface area contributed by atoms with E-state index in [4.69, 9.17) is 5.14 Å². The van der Waals surface area contributed by atoms with Crippen molar-refractivity contribution in [3.63, 3.8) is 0 Å². The molecule has 3 nitrogen and oxygen atoms in total. The summed E-state index contributed by atoms with van der Waals surface area (Å²) in [7, 11) is -3.69. The van der Waals surface area contributed by atoms with Gasteiger partial charge in [0.05, 0.1) is 4.90 Å². The fourth-order valence-electron chi connectivity index (χ4n) is 2.17. The molecule has 0 aliphatic rings. The molecule has 96 valence electrons. The van der Waals surface area contributed by atoms with Crippen molar-refractivity contribution in [1.29, 1.82) is 0 Å². The molecule has 0 saturated carbocycles. The summed E-state index contributed by atoms with van der Waals surface area (Å²) in [5.41, 5.74) is 1.07. The van der Waals surface area contributed by atoms with Crippen molar-refractivity contribution < 1.29 is 8.42 Å². The minimum absolute atomic E-state index is 0.0451. The van der Waals surface area contributed by atoms with Crippen LogP contribution in [-0.4, -0.2) is 8.42 Å². The number of hydrogen-bond acceptors (Lipinski definition) is 2. The van der Waals surface area contributed by atoms with Crippen LogP contribution in [0.5, 0.6) is 0 Å². The van der Waals surface area contributed by atoms with Crippen molar-refractivity contribution in [2.24, 2.45) is 5.14 Å². The Morgan fingerprint density at radius 3 is 2.00 bits per heavy atom. The Morgan fingerprint density at radius 2 is 1.50 bits per heavy atom. The van der Waals surface area contributed by atoms with Crippen LogP contribution in [0, 0.1) is 0 Å². The second-order valence-electron chi connectivity index (χ2n) is 5.45. The van der Waals surface area contributed by atoms with Gasteiger partial charge in [-0.25, -0.2) is 13.6 Å². The van der Waals surface area contributed by atoms with Gasteiger partial charge in [0.15, 0.2) is 0 Å². The Hall–Kier alpha value is -1.39. The second-order valence-corrected chi connectivity index (χ2v) is 6.98. The van der Waals surface area contributed by atoms with Gasteiger partial charge >= 0.3 is 0 Å². The number of rotatable bonds is 1. The van der Waals surface area contributed by atoms with Crippen molar-refractivity contribution in [3.05, 3.63) is 42.0 Å². The molecule has 4 heteroatoms. The number of benzene rings is 2. The molecule has 0 heterocycles. The van der Waals surface area contributed by atoms with E-state index in [1.807, 2.05) is 24.3 Å². The van der Waals surface area contributed by atoms with Crippen LogP contribution < -0.4 is 5.14 Å². The van der Waals surface area contributed by atoms with Gasteiger partial charge in [0.2, 0.25) is 10.0 Å². The van der Waals surface area contributed by atoms with E-state index in [0.717, 1.165) is 10.9 Å². The minimum atomic E-state index is -3.69. The highest BCUT2D eigenvalue weighted by molar-refractivity contribution is 7.89. The van der Waals surface area contributed by atoms with Crippen molar-refractivity contribution >= 4 is 20.8 Å². The first-order valence-electron chi connectivity index (χ1n) is 5.76. The predicted molar refractivity (Wildman–Crippen MR) is 74.0 cm³/mol. The first-order chi connectivity index (χ1) is 8.21. The zero-order valence-corrected chi connectivity index (χ0v) is 11.6. The zero-order valence-electron chi connectivity index (χ0n) is 10.8. The maximum absolute atomic E-state index is 11.6. The van der Waals surface area contributed by atoms with Crippen molar-refractivity contribution in [3.8, 4) is 0 Å². The van der Waals surface area contributed by atoms with Gasteiger partial charge in [-0.1, -0.05) is 51.1 Å². The van der Waals surface area contributed by atoms with Gasteiger partial charge in [-0.05, 0) is 22.4 Å². The van der Waals surface area contributed by atoms with Crippen LogP contribution in [0.15, 0.2) is 41.3 Å². The minimum Gasteiger partial charge on any atom is -0.225 e. The Kier molecular flexibility index (Phi) is 2.95. The lowest BCUT2D eigenvalue weighted by molar-refractivity contribution is 0.592. The van der Waals surface area contributed by atoms with Gasteiger partial charge in [0.1, 0.15) is 0 Å². The lowest BCUT2D eigenvalue weighted by Gasteiger charge is -2.22. The van der Waals surface area contributed by atoms with Crippen molar-refractivity contribution in [2.75, 3.05) is 0 Å². The number of sulfonamides is 1. The molecule has 0 amide bonds. The van der Waals surface area contributed by atoms with E-state index in [0.29, 0.717) is 5.39 Å². The molecule has 18 heavy (non-hydrogen) atoms. The molecule has 2 N–H and O–H groups in total. The lowest BCUT2D eigenvalue weighted by Crippen LogP contribution is -2.15. The van der Waals surface area contributed by atoms with E-state index in [1.54, 1.807) is 12.1 Å². The third-order valence-corrected chi connectivity index (χ3v) is 3.97. The molecule has 0 spiro atoms. The number of hydrogen-bond donors (Lipinski definition) is 1. The molecule has 2 rings (SSSR count). The second kappa shape index (κ2) is 4.07. The third-order valence-electron chi connectivity index (χ3n) is 3.00. The summed E-state index contributed by atoms with van der Waals surface area (Å²) in [6.07, 6.45) is 0. The monoisotopic (exact) mass is 263 g/mol. The standard InChI is InChI=1S/C14H17NO2S/c1-14(2,3)12-8-9-13(18(15,16)17)11-7-5-4-6-10(11)12/h4-9H,1-3H3,(H2,15,16,17). The summed E-state index contributed by atoms with van der Waals surface area (Å²) in [6, 6.07) is 10.9. The molecule has 0 unspecified atom stereocenters. The summed E-state index contributed by atoms with van der Waals surface area (Å²) < 4.78 is 23.2. The topological polar surface area (TPSA) is 60.2 Å². The van der Waals surface area contributed by atoms with E-state index in [2.05, 4.69) is 20.8 Å². The third kappa shape index (κ3) is 2.26. The summed E-state index contributed by atoms with van der Waals surface area (Å²) in [5, 5.41) is 6.88. The van der Waals surface area contributed by atoms with Crippen LogP contribution in [-0.2, 0) is 15.4 Å². The van der Waals surface area contributed by atoms with Gasteiger partial charge in [0, 0.05) is 5.39 Å². The maximum Gasteiger partial charge on any atom is 0.238 e. The maximum atomic E-state index is 11.6. The Balaban J connectivity index is 2.92. The largest absolute Gasteiger partial charge is 0.238 e. The molecule has 0 bridgehead atoms. The molecule has 0 saturated heterocycles. The van der Waals surface area contributed by atoms with Gasteiger partial charge in [-0.15, -0.1) is 0 Å². The summed E-state index contributed by atoms with van der Waals surface area (Å²) >= 11 is 0. The molecular formula is C14H17NO2S. The van der Waals surface area contributed by atoms with E-state index in [-0.39, 0.29) is 10.3 Å². The number of nitrogens with two attached hydrogens (primary N) is 1. The smallest absolute Gasteiger partial charge is 0.225 e. The van der Waals surface area contributed by atoms with Crippen molar-refractivity contribution in [1.82, 2.24) is 0 Å². The summed E-state index contributed by atoms with van der Waals surface area (Å²) in [5.74, 6) is 0. The SMILES string of the molecule is CC(C)(C)c1ccc(S(N)(=O)=O)c2ccccc12. The molecular weight excluding hydrogens is 246 g/mol. The van der Waals surface area contributed by atoms with Gasteiger partial charge in [-0.3, -0.25) is 0 Å². The van der Waals surface area contributed by atoms with Crippen molar-refractivity contribution in [2.45, 2.75) is 31.1 Å². The molecule has 0 fully saturated rings. The quantitative estimate of drug-likeness (QED) is 0.860. The first kappa shape index (κ1) is 13.1. The molecule has 2 aromatic rings. The number of primary sulfonamides is 1. The molecule has 0 atom stereocenters. The predicted octanol–water partition coefficient (Wildman–Crippen LogP) is 2.78. The average molecular weight is 263 g/mol. The molecule has 2 aromatic carbocycles. The average Bonchev–Trinajstić information content (AvgIpc) is 2.24. The van der Waals surface area contributed by atoms with E-state index in [9.17, 15) is 8.42 Å². The van der Waals surface area contributed by atoms with Crippen LogP contribution >= 0.6 is 0 Å². The Labute approximate surface area is 108 Å². The van der Waals surface area contributed by atoms with Crippen LogP contribution in [0.3, 0.4) is 0 Å². The normalized spacial score (nSPS) is 12.9. The van der Waals surface area contributed by atoms with Gasteiger partial charge < -0.3 is 0 Å². The number of fused-ring (bicyclic) bond motifs is 1. The van der Waals surface area contributed by atoms with Crippen LogP contribution in [0.4, 0.5) is 0 Å². The molecule has 0 aromatic heterocycles.